The van der Waals surface area contributed by atoms with Gasteiger partial charge in [-0.25, -0.2) is 19.7 Å². The molecule has 9 nitrogen and oxygen atoms in total. The molecule has 1 aromatic carbocycles. The van der Waals surface area contributed by atoms with E-state index in [2.05, 4.69) is 21.2 Å². The van der Waals surface area contributed by atoms with Crippen molar-refractivity contribution in [3.63, 3.8) is 0 Å². The van der Waals surface area contributed by atoms with Gasteiger partial charge in [0.2, 0.25) is 6.54 Å². The van der Waals surface area contributed by atoms with Crippen LogP contribution < -0.4 is 9.64 Å². The fourth-order valence-electron chi connectivity index (χ4n) is 8.61. The Morgan fingerprint density at radius 1 is 1.20 bits per heavy atom. The van der Waals surface area contributed by atoms with E-state index >= 15 is 0 Å². The third-order valence-electron chi connectivity index (χ3n) is 10.9. The van der Waals surface area contributed by atoms with Crippen LogP contribution in [0.3, 0.4) is 0 Å². The number of piperazine rings is 1. The molecule has 0 saturated carbocycles. The Balaban J connectivity index is 1.25. The average Bonchev–Trinajstić information content (AvgIpc) is 3.67. The van der Waals surface area contributed by atoms with E-state index in [1.807, 2.05) is 18.0 Å². The lowest BCUT2D eigenvalue weighted by Gasteiger charge is -2.46. The number of nitrogens with zero attached hydrogens (tertiary/aromatic N) is 7. The molecule has 4 aliphatic heterocycles. The van der Waals surface area contributed by atoms with Crippen molar-refractivity contribution in [3.8, 4) is 6.01 Å². The van der Waals surface area contributed by atoms with Gasteiger partial charge in [-0.2, -0.15) is 9.97 Å². The third-order valence-corrected chi connectivity index (χ3v) is 10.9. The number of carbonyl (C=O) groups excluding carboxylic acids is 1. The van der Waals surface area contributed by atoms with Crippen LogP contribution in [-0.4, -0.2) is 101 Å². The maximum absolute atomic E-state index is 14.9. The van der Waals surface area contributed by atoms with E-state index in [9.17, 15) is 18.0 Å². The Hall–Kier alpha value is -3.69. The number of amides is 1. The SMILES string of the molecule is [C-]#[N+]C[C@H]1CN(c2nc(OC[C@@]34CCCN3C[C@H](F)C4)nc3c2CN(C)[C@]2(CCc4c(F)cccc42)C3)CCN1C(=O)C(=C)F. The van der Waals surface area contributed by atoms with Gasteiger partial charge in [0.05, 0.1) is 16.8 Å². The second kappa shape index (κ2) is 11.3. The number of ether oxygens (including phenoxy) is 1. The van der Waals surface area contributed by atoms with E-state index in [-0.39, 0.29) is 43.6 Å². The summed E-state index contributed by atoms with van der Waals surface area (Å²) in [6, 6.07) is 4.95. The molecule has 5 aliphatic rings. The number of rotatable bonds is 6. The van der Waals surface area contributed by atoms with Crippen LogP contribution in [0.2, 0.25) is 0 Å². The number of halogens is 3. The summed E-state index contributed by atoms with van der Waals surface area (Å²) in [6.45, 7) is 13.6. The molecular weight excluding hydrogens is 583 g/mol. The second-order valence-electron chi connectivity index (χ2n) is 13.3. The van der Waals surface area contributed by atoms with Crippen molar-refractivity contribution in [1.82, 2.24) is 24.7 Å². The number of alkyl halides is 1. The first-order chi connectivity index (χ1) is 21.6. The van der Waals surface area contributed by atoms with Crippen LogP contribution >= 0.6 is 0 Å². The van der Waals surface area contributed by atoms with Crippen molar-refractivity contribution in [2.24, 2.45) is 0 Å². The van der Waals surface area contributed by atoms with Gasteiger partial charge in [-0.05, 0) is 56.5 Å². The lowest BCUT2D eigenvalue weighted by molar-refractivity contribution is -0.131. The topological polar surface area (TPSA) is 69.4 Å². The highest BCUT2D eigenvalue weighted by molar-refractivity contribution is 5.91. The summed E-state index contributed by atoms with van der Waals surface area (Å²) in [5, 5.41) is 0. The number of fused-ring (bicyclic) bond motifs is 4. The molecule has 0 unspecified atom stereocenters. The molecule has 0 bridgehead atoms. The quantitative estimate of drug-likeness (QED) is 0.359. The van der Waals surface area contributed by atoms with E-state index in [0.717, 1.165) is 48.2 Å². The third kappa shape index (κ3) is 4.95. The molecule has 45 heavy (non-hydrogen) atoms. The first kappa shape index (κ1) is 30.0. The van der Waals surface area contributed by atoms with Gasteiger partial charge in [-0.15, -0.1) is 0 Å². The maximum atomic E-state index is 14.9. The number of anilines is 1. The molecule has 1 spiro atoms. The largest absolute Gasteiger partial charge is 0.461 e. The molecule has 1 amide bonds. The van der Waals surface area contributed by atoms with Crippen molar-refractivity contribution in [1.29, 1.82) is 0 Å². The minimum absolute atomic E-state index is 0.0142. The van der Waals surface area contributed by atoms with Gasteiger partial charge in [0.1, 0.15) is 30.5 Å². The number of hydrogen-bond donors (Lipinski definition) is 0. The van der Waals surface area contributed by atoms with Crippen LogP contribution in [0.15, 0.2) is 30.6 Å². The lowest BCUT2D eigenvalue weighted by Crippen LogP contribution is -2.57. The van der Waals surface area contributed by atoms with Gasteiger partial charge in [0.25, 0.3) is 5.91 Å². The van der Waals surface area contributed by atoms with Gasteiger partial charge >= 0.3 is 6.01 Å². The molecule has 238 valence electrons. The van der Waals surface area contributed by atoms with Crippen molar-refractivity contribution < 1.29 is 22.7 Å². The first-order valence-electron chi connectivity index (χ1n) is 15.8. The highest BCUT2D eigenvalue weighted by Crippen LogP contribution is 2.49. The fraction of sp³-hybridized carbons (Fsp3) is 0.576. The zero-order valence-electron chi connectivity index (χ0n) is 25.6. The number of aromatic nitrogens is 2. The van der Waals surface area contributed by atoms with E-state index in [0.29, 0.717) is 44.7 Å². The fourth-order valence-corrected chi connectivity index (χ4v) is 8.61. The van der Waals surface area contributed by atoms with Gasteiger partial charge in [0, 0.05) is 51.1 Å². The Labute approximate surface area is 261 Å². The van der Waals surface area contributed by atoms with Crippen molar-refractivity contribution in [2.75, 3.05) is 57.8 Å². The van der Waals surface area contributed by atoms with E-state index in [4.69, 9.17) is 21.3 Å². The summed E-state index contributed by atoms with van der Waals surface area (Å²) in [7, 11) is 2.05. The maximum Gasteiger partial charge on any atom is 0.318 e. The van der Waals surface area contributed by atoms with Crippen LogP contribution in [0.5, 0.6) is 6.01 Å². The molecule has 1 aliphatic carbocycles. The summed E-state index contributed by atoms with van der Waals surface area (Å²) in [5.74, 6) is -1.37. The van der Waals surface area contributed by atoms with Gasteiger partial charge < -0.3 is 19.4 Å². The van der Waals surface area contributed by atoms with Crippen LogP contribution in [-0.2, 0) is 29.7 Å². The first-order valence-corrected chi connectivity index (χ1v) is 15.8. The van der Waals surface area contributed by atoms with Crippen LogP contribution in [0.1, 0.15) is 48.1 Å². The monoisotopic (exact) mass is 621 g/mol. The van der Waals surface area contributed by atoms with Gasteiger partial charge in [-0.1, -0.05) is 18.7 Å². The predicted octanol–water partition coefficient (Wildman–Crippen LogP) is 3.82. The summed E-state index contributed by atoms with van der Waals surface area (Å²) < 4.78 is 49.6. The summed E-state index contributed by atoms with van der Waals surface area (Å²) in [6.07, 6.45) is 3.33. The minimum Gasteiger partial charge on any atom is -0.461 e. The average molecular weight is 622 g/mol. The number of hydrogen-bond acceptors (Lipinski definition) is 7. The summed E-state index contributed by atoms with van der Waals surface area (Å²) in [5.41, 5.74) is 2.66. The number of benzene rings is 1. The molecule has 0 N–H and O–H groups in total. The molecule has 0 radical (unpaired) electrons. The zero-order chi connectivity index (χ0) is 31.5. The molecule has 5 heterocycles. The minimum atomic E-state index is -1.04. The highest BCUT2D eigenvalue weighted by Gasteiger charge is 2.50. The second-order valence-corrected chi connectivity index (χ2v) is 13.3. The lowest BCUT2D eigenvalue weighted by atomic mass is 9.81. The highest BCUT2D eigenvalue weighted by atomic mass is 19.1. The van der Waals surface area contributed by atoms with Crippen LogP contribution in [0.4, 0.5) is 19.0 Å². The summed E-state index contributed by atoms with van der Waals surface area (Å²) >= 11 is 0. The van der Waals surface area contributed by atoms with Crippen LogP contribution in [0.25, 0.3) is 4.85 Å². The smallest absolute Gasteiger partial charge is 0.318 e. The van der Waals surface area contributed by atoms with Crippen LogP contribution in [0, 0.1) is 12.4 Å². The molecule has 3 fully saturated rings. The van der Waals surface area contributed by atoms with E-state index in [1.165, 1.54) is 11.0 Å². The number of likely N-dealkylation sites (N-methyl/N-ethyl adjacent to an activating group) is 1. The number of carbonyl (C=O) groups is 1. The zero-order valence-corrected chi connectivity index (χ0v) is 25.6. The Kier molecular flexibility index (Phi) is 7.52. The van der Waals surface area contributed by atoms with Gasteiger partial charge in [0.15, 0.2) is 5.83 Å². The Morgan fingerprint density at radius 3 is 2.84 bits per heavy atom. The summed E-state index contributed by atoms with van der Waals surface area (Å²) in [4.78, 5) is 33.9. The predicted molar refractivity (Wildman–Crippen MR) is 162 cm³/mol. The molecule has 3 saturated heterocycles. The van der Waals surface area contributed by atoms with Crippen molar-refractivity contribution >= 4 is 11.7 Å². The Morgan fingerprint density at radius 2 is 2.04 bits per heavy atom. The van der Waals surface area contributed by atoms with E-state index < -0.39 is 29.5 Å². The molecular formula is C33H38F3N7O2. The van der Waals surface area contributed by atoms with Gasteiger partial charge in [-0.3, -0.25) is 14.6 Å². The Bertz CT molecular complexity index is 1580. The molecule has 4 atom stereocenters. The molecule has 1 aromatic heterocycles. The molecule has 7 rings (SSSR count). The van der Waals surface area contributed by atoms with E-state index in [1.54, 1.807) is 6.07 Å². The molecule has 12 heteroatoms. The molecule has 2 aromatic rings. The standard InChI is InChI=1S/C33H38F3N7O2/c1-21(34)30(44)43-13-12-41(18-23(43)16-37-2)29-25-19-40(3)33(10-8-24-26(33)6-4-7-27(24)36)15-28(25)38-31(39-29)45-20-32-9-5-11-42(32)17-22(35)14-32/h4,6-7,22-23H,1,5,8-20H2,3H3/t22-,23+,32+,33-/m1/s1. The normalized spacial score (nSPS) is 29.4. The van der Waals surface area contributed by atoms with Crippen molar-refractivity contribution in [2.45, 2.75) is 68.4 Å². The van der Waals surface area contributed by atoms with Crippen molar-refractivity contribution in [3.05, 3.63) is 70.2 Å².